The molecule has 140 valence electrons. The van der Waals surface area contributed by atoms with Crippen LogP contribution in [0.15, 0.2) is 82.4 Å². The van der Waals surface area contributed by atoms with E-state index in [0.717, 1.165) is 38.2 Å². The molecule has 1 atom stereocenters. The summed E-state index contributed by atoms with van der Waals surface area (Å²) >= 11 is 0. The van der Waals surface area contributed by atoms with Crippen molar-refractivity contribution in [2.75, 3.05) is 0 Å². The van der Waals surface area contributed by atoms with Crippen molar-refractivity contribution in [1.82, 2.24) is 0 Å². The van der Waals surface area contributed by atoms with Gasteiger partial charge in [-0.1, -0.05) is 72.8 Å². The summed E-state index contributed by atoms with van der Waals surface area (Å²) in [6.45, 7) is 0. The molecule has 0 fully saturated rings. The van der Waals surface area contributed by atoms with Gasteiger partial charge >= 0.3 is 0 Å². The third-order valence-electron chi connectivity index (χ3n) is 6.67. The molecule has 0 bridgehead atoms. The summed E-state index contributed by atoms with van der Waals surface area (Å²) in [4.78, 5) is 27.1. The van der Waals surface area contributed by atoms with Crippen LogP contribution in [0.25, 0.3) is 54.2 Å². The first kappa shape index (κ1) is 16.0. The van der Waals surface area contributed by atoms with Crippen molar-refractivity contribution < 1.29 is 5.11 Å². The fraction of sp³-hybridized carbons (Fsp3) is 0.0370. The Balaban J connectivity index is 1.94. The fourth-order valence-electron chi connectivity index (χ4n) is 5.51. The maximum atomic E-state index is 13.6. The van der Waals surface area contributed by atoms with Crippen LogP contribution in [0.3, 0.4) is 0 Å². The Hall–Kier alpha value is -3.82. The maximum Gasteiger partial charge on any atom is 0.194 e. The number of hydrogen-bond donors (Lipinski definition) is 1. The summed E-state index contributed by atoms with van der Waals surface area (Å²) in [5.74, 6) is 0. The van der Waals surface area contributed by atoms with Crippen molar-refractivity contribution in [1.29, 1.82) is 0 Å². The number of hydrogen-bond acceptors (Lipinski definition) is 3. The Kier molecular flexibility index (Phi) is 2.78. The fourth-order valence-corrected chi connectivity index (χ4v) is 5.51. The van der Waals surface area contributed by atoms with Crippen molar-refractivity contribution >= 4 is 43.1 Å². The van der Waals surface area contributed by atoms with Crippen LogP contribution < -0.4 is 10.9 Å². The molecular formula is C27H14O3. The van der Waals surface area contributed by atoms with Gasteiger partial charge in [0, 0.05) is 43.4 Å². The molecule has 6 aromatic carbocycles. The SMILES string of the molecule is O=c1c2ccccc2c2c1c1c(c3c4ccccc4c(=O)c32)C(O)c2ccccc2-1. The van der Waals surface area contributed by atoms with E-state index >= 15 is 0 Å². The summed E-state index contributed by atoms with van der Waals surface area (Å²) in [6, 6.07) is 22.7. The van der Waals surface area contributed by atoms with Crippen LogP contribution in [0.5, 0.6) is 0 Å². The van der Waals surface area contributed by atoms with E-state index in [4.69, 9.17) is 0 Å². The molecule has 3 nitrogen and oxygen atoms in total. The quantitative estimate of drug-likeness (QED) is 0.402. The summed E-state index contributed by atoms with van der Waals surface area (Å²) in [5, 5.41) is 16.8. The smallest absolute Gasteiger partial charge is 0.194 e. The molecule has 1 unspecified atom stereocenters. The van der Waals surface area contributed by atoms with Gasteiger partial charge in [0.2, 0.25) is 0 Å². The third-order valence-corrected chi connectivity index (χ3v) is 6.67. The van der Waals surface area contributed by atoms with Crippen LogP contribution >= 0.6 is 0 Å². The van der Waals surface area contributed by atoms with Gasteiger partial charge < -0.3 is 5.11 Å². The average Bonchev–Trinajstić information content (AvgIpc) is 3.36. The van der Waals surface area contributed by atoms with Gasteiger partial charge in [0.25, 0.3) is 0 Å². The molecule has 3 heteroatoms. The molecule has 1 aliphatic carbocycles. The highest BCUT2D eigenvalue weighted by Gasteiger charge is 2.35. The highest BCUT2D eigenvalue weighted by molar-refractivity contribution is 6.33. The van der Waals surface area contributed by atoms with Crippen LogP contribution in [0.2, 0.25) is 0 Å². The highest BCUT2D eigenvalue weighted by Crippen LogP contribution is 2.52. The summed E-state index contributed by atoms with van der Waals surface area (Å²) < 4.78 is 0. The number of benzene rings is 4. The minimum absolute atomic E-state index is 0.0766. The Morgan fingerprint density at radius 1 is 0.567 bits per heavy atom. The van der Waals surface area contributed by atoms with Gasteiger partial charge in [0.15, 0.2) is 10.9 Å². The lowest BCUT2D eigenvalue weighted by Crippen LogP contribution is -2.01. The first-order chi connectivity index (χ1) is 14.7. The van der Waals surface area contributed by atoms with Gasteiger partial charge in [-0.15, -0.1) is 0 Å². The molecule has 30 heavy (non-hydrogen) atoms. The zero-order valence-electron chi connectivity index (χ0n) is 15.8. The zero-order chi connectivity index (χ0) is 20.1. The predicted molar refractivity (Wildman–Crippen MR) is 121 cm³/mol. The van der Waals surface area contributed by atoms with E-state index in [0.29, 0.717) is 27.1 Å². The van der Waals surface area contributed by atoms with Gasteiger partial charge in [-0.2, -0.15) is 0 Å². The third kappa shape index (κ3) is 1.63. The molecule has 7 rings (SSSR count). The van der Waals surface area contributed by atoms with Crippen molar-refractivity contribution in [3.63, 3.8) is 0 Å². The Morgan fingerprint density at radius 2 is 1.10 bits per heavy atom. The van der Waals surface area contributed by atoms with Crippen LogP contribution in [0.1, 0.15) is 17.2 Å². The number of aliphatic hydroxyl groups is 1. The predicted octanol–water partition coefficient (Wildman–Crippen LogP) is 4.96. The molecule has 0 saturated carbocycles. The van der Waals surface area contributed by atoms with Gasteiger partial charge in [0.1, 0.15) is 6.10 Å². The molecule has 0 amide bonds. The first-order valence-electron chi connectivity index (χ1n) is 9.98. The second-order valence-electron chi connectivity index (χ2n) is 8.03. The van der Waals surface area contributed by atoms with E-state index in [1.165, 1.54) is 0 Å². The van der Waals surface area contributed by atoms with E-state index in [1.807, 2.05) is 72.8 Å². The molecule has 0 aliphatic heterocycles. The number of aliphatic hydroxyl groups excluding tert-OH is 1. The number of rotatable bonds is 0. The molecule has 0 spiro atoms. The second-order valence-corrected chi connectivity index (χ2v) is 8.03. The van der Waals surface area contributed by atoms with E-state index in [1.54, 1.807) is 0 Å². The lowest BCUT2D eigenvalue weighted by Gasteiger charge is -2.10. The van der Waals surface area contributed by atoms with Crippen molar-refractivity contribution in [2.45, 2.75) is 6.10 Å². The summed E-state index contributed by atoms with van der Waals surface area (Å²) in [7, 11) is 0. The minimum atomic E-state index is -0.870. The second kappa shape index (κ2) is 5.21. The lowest BCUT2D eigenvalue weighted by atomic mass is 9.94. The zero-order valence-corrected chi connectivity index (χ0v) is 15.8. The normalized spacial score (nSPS) is 15.4. The van der Waals surface area contributed by atoms with E-state index in [9.17, 15) is 14.7 Å². The molecule has 6 aromatic rings. The largest absolute Gasteiger partial charge is 0.384 e. The highest BCUT2D eigenvalue weighted by atomic mass is 16.3. The van der Waals surface area contributed by atoms with Gasteiger partial charge in [-0.05, 0) is 21.9 Å². The van der Waals surface area contributed by atoms with Crippen LogP contribution in [0.4, 0.5) is 0 Å². The van der Waals surface area contributed by atoms with Gasteiger partial charge in [-0.3, -0.25) is 9.59 Å². The maximum absolute atomic E-state index is 13.6. The van der Waals surface area contributed by atoms with E-state index in [2.05, 4.69) is 0 Å². The summed E-state index contributed by atoms with van der Waals surface area (Å²) in [6.07, 6.45) is -0.870. The monoisotopic (exact) mass is 386 g/mol. The van der Waals surface area contributed by atoms with E-state index < -0.39 is 6.10 Å². The Bertz CT molecular complexity index is 1800. The van der Waals surface area contributed by atoms with Crippen LogP contribution in [-0.4, -0.2) is 5.11 Å². The molecular weight excluding hydrogens is 372 g/mol. The first-order valence-corrected chi connectivity index (χ1v) is 9.98. The van der Waals surface area contributed by atoms with Crippen molar-refractivity contribution in [3.05, 3.63) is 104 Å². The molecule has 1 aliphatic rings. The van der Waals surface area contributed by atoms with Gasteiger partial charge in [0.05, 0.1) is 0 Å². The minimum Gasteiger partial charge on any atom is -0.384 e. The Morgan fingerprint density at radius 3 is 1.80 bits per heavy atom. The van der Waals surface area contributed by atoms with Crippen molar-refractivity contribution in [2.24, 2.45) is 0 Å². The molecule has 0 radical (unpaired) electrons. The van der Waals surface area contributed by atoms with Crippen LogP contribution in [-0.2, 0) is 0 Å². The molecule has 0 saturated heterocycles. The average molecular weight is 386 g/mol. The molecule has 1 N–H and O–H groups in total. The van der Waals surface area contributed by atoms with Crippen molar-refractivity contribution in [3.8, 4) is 11.1 Å². The topological polar surface area (TPSA) is 54.4 Å². The van der Waals surface area contributed by atoms with Crippen LogP contribution in [0, 0.1) is 0 Å². The Labute approximate surface area is 170 Å². The molecule has 0 heterocycles. The standard InChI is InChI=1S/C27H14O3/c28-25-16-10-4-1-7-13(16)19-22(25)20-15-9-3-6-12-18(15)27(30)24(20)21-14-8-2-5-11-17(14)26(29)23(19)21/h1-12,25,28H. The lowest BCUT2D eigenvalue weighted by molar-refractivity contribution is 0.227. The molecule has 0 aromatic heterocycles. The summed E-state index contributed by atoms with van der Waals surface area (Å²) in [5.41, 5.74) is 2.96. The van der Waals surface area contributed by atoms with Gasteiger partial charge in [-0.25, -0.2) is 0 Å². The number of fused-ring (bicyclic) bond motifs is 12. The van der Waals surface area contributed by atoms with E-state index in [-0.39, 0.29) is 10.9 Å².